The largest absolute Gasteiger partial charge is 0.398 e. The van der Waals surface area contributed by atoms with Crippen molar-refractivity contribution in [3.05, 3.63) is 65.2 Å². The van der Waals surface area contributed by atoms with Gasteiger partial charge in [0.1, 0.15) is 0 Å². The maximum Gasteiger partial charge on any atom is 0.251 e. The van der Waals surface area contributed by atoms with Crippen LogP contribution in [0.2, 0.25) is 0 Å². The number of nitrogens with one attached hydrogen (secondary N) is 1. The van der Waals surface area contributed by atoms with E-state index in [4.69, 9.17) is 11.5 Å². The van der Waals surface area contributed by atoms with Crippen molar-refractivity contribution in [1.29, 1.82) is 0 Å². The van der Waals surface area contributed by atoms with E-state index in [2.05, 4.69) is 5.32 Å². The third kappa shape index (κ3) is 3.47. The van der Waals surface area contributed by atoms with Crippen LogP contribution in [0.4, 0.5) is 11.4 Å². The van der Waals surface area contributed by atoms with Gasteiger partial charge in [-0.3, -0.25) is 4.79 Å². The SMILES string of the molecule is C/C=C(\C)c1c(N)cc(C(=O)NCc2ccccc2)cc1N. The lowest BCUT2D eigenvalue weighted by Crippen LogP contribution is -2.23. The first-order chi connectivity index (χ1) is 10.5. The minimum absolute atomic E-state index is 0.188. The van der Waals surface area contributed by atoms with Gasteiger partial charge in [0.2, 0.25) is 0 Å². The van der Waals surface area contributed by atoms with Crippen molar-refractivity contribution in [3.8, 4) is 0 Å². The Morgan fingerprint density at radius 1 is 1.14 bits per heavy atom. The smallest absolute Gasteiger partial charge is 0.251 e. The lowest BCUT2D eigenvalue weighted by atomic mass is 10.00. The number of carbonyl (C=O) groups excluding carboxylic acids is 1. The van der Waals surface area contributed by atoms with Gasteiger partial charge in [-0.1, -0.05) is 36.4 Å². The first-order valence-electron chi connectivity index (χ1n) is 7.17. The number of nitrogen functional groups attached to an aromatic ring is 2. The monoisotopic (exact) mass is 295 g/mol. The zero-order valence-electron chi connectivity index (χ0n) is 12.9. The summed E-state index contributed by atoms with van der Waals surface area (Å²) < 4.78 is 0. The molecule has 0 fully saturated rings. The third-order valence-electron chi connectivity index (χ3n) is 3.58. The Bertz CT molecular complexity index is 683. The molecule has 0 bridgehead atoms. The van der Waals surface area contributed by atoms with Crippen molar-refractivity contribution in [2.45, 2.75) is 20.4 Å². The highest BCUT2D eigenvalue weighted by atomic mass is 16.1. The summed E-state index contributed by atoms with van der Waals surface area (Å²) in [6, 6.07) is 13.1. The number of hydrogen-bond donors (Lipinski definition) is 3. The number of anilines is 2. The van der Waals surface area contributed by atoms with Crippen LogP contribution in [-0.4, -0.2) is 5.91 Å². The Labute approximate surface area is 130 Å². The van der Waals surface area contributed by atoms with Gasteiger partial charge in [0.25, 0.3) is 5.91 Å². The third-order valence-corrected chi connectivity index (χ3v) is 3.58. The van der Waals surface area contributed by atoms with Gasteiger partial charge in [-0.15, -0.1) is 0 Å². The van der Waals surface area contributed by atoms with Crippen LogP contribution in [0, 0.1) is 0 Å². The zero-order valence-corrected chi connectivity index (χ0v) is 12.9. The minimum atomic E-state index is -0.188. The first kappa shape index (κ1) is 15.6. The quantitative estimate of drug-likeness (QED) is 0.758. The molecule has 22 heavy (non-hydrogen) atoms. The molecule has 2 rings (SSSR count). The van der Waals surface area contributed by atoms with Gasteiger partial charge in [0.05, 0.1) is 0 Å². The van der Waals surface area contributed by atoms with E-state index in [0.717, 1.165) is 16.7 Å². The van der Waals surface area contributed by atoms with Crippen LogP contribution >= 0.6 is 0 Å². The number of benzene rings is 2. The predicted octanol–water partition coefficient (Wildman–Crippen LogP) is 3.20. The lowest BCUT2D eigenvalue weighted by Gasteiger charge is -2.13. The fourth-order valence-corrected chi connectivity index (χ4v) is 2.30. The molecule has 0 aromatic heterocycles. The van der Waals surface area contributed by atoms with Crippen LogP contribution < -0.4 is 16.8 Å². The van der Waals surface area contributed by atoms with E-state index in [0.29, 0.717) is 23.5 Å². The summed E-state index contributed by atoms with van der Waals surface area (Å²) in [4.78, 5) is 12.2. The van der Waals surface area contributed by atoms with Crippen LogP contribution in [0.1, 0.15) is 35.3 Å². The van der Waals surface area contributed by atoms with Gasteiger partial charge < -0.3 is 16.8 Å². The first-order valence-corrected chi connectivity index (χ1v) is 7.17. The van der Waals surface area contributed by atoms with Gasteiger partial charge in [-0.2, -0.15) is 0 Å². The number of rotatable bonds is 4. The Morgan fingerprint density at radius 2 is 1.73 bits per heavy atom. The van der Waals surface area contributed by atoms with Crippen molar-refractivity contribution >= 4 is 22.9 Å². The standard InChI is InChI=1S/C18H21N3O/c1-3-12(2)17-15(19)9-14(10-16(17)20)18(22)21-11-13-7-5-4-6-8-13/h3-10H,11,19-20H2,1-2H3,(H,21,22)/b12-3+. The Morgan fingerprint density at radius 3 is 2.27 bits per heavy atom. The second-order valence-electron chi connectivity index (χ2n) is 5.17. The van der Waals surface area contributed by atoms with Crippen LogP contribution in [0.15, 0.2) is 48.5 Å². The summed E-state index contributed by atoms with van der Waals surface area (Å²) in [5, 5.41) is 2.87. The molecule has 0 heterocycles. The molecule has 0 aliphatic heterocycles. The molecule has 2 aromatic carbocycles. The predicted molar refractivity (Wildman–Crippen MR) is 92.2 cm³/mol. The van der Waals surface area contributed by atoms with Crippen molar-refractivity contribution in [1.82, 2.24) is 5.32 Å². The van der Waals surface area contributed by atoms with Crippen molar-refractivity contribution < 1.29 is 4.79 Å². The molecule has 0 unspecified atom stereocenters. The number of amides is 1. The summed E-state index contributed by atoms with van der Waals surface area (Å²) in [5.41, 5.74) is 16.4. The molecular formula is C18H21N3O. The highest BCUT2D eigenvalue weighted by Gasteiger charge is 2.12. The fraction of sp³-hybridized carbons (Fsp3) is 0.167. The van der Waals surface area contributed by atoms with E-state index in [1.165, 1.54) is 0 Å². The summed E-state index contributed by atoms with van der Waals surface area (Å²) in [6.45, 7) is 4.33. The number of allylic oxidation sites excluding steroid dienone is 2. The fourth-order valence-electron chi connectivity index (χ4n) is 2.30. The average molecular weight is 295 g/mol. The summed E-state index contributed by atoms with van der Waals surface area (Å²) >= 11 is 0. The van der Waals surface area contributed by atoms with Crippen LogP contribution in [0.25, 0.3) is 5.57 Å². The Kier molecular flexibility index (Phi) is 4.84. The molecule has 4 heteroatoms. The van der Waals surface area contributed by atoms with Gasteiger partial charge in [-0.25, -0.2) is 0 Å². The molecule has 0 saturated heterocycles. The number of nitrogens with two attached hydrogens (primary N) is 2. The van der Waals surface area contributed by atoms with Crippen molar-refractivity contribution in [2.24, 2.45) is 0 Å². The van der Waals surface area contributed by atoms with Gasteiger partial charge in [-0.05, 0) is 37.1 Å². The normalized spacial score (nSPS) is 11.3. The Hall–Kier alpha value is -2.75. The molecule has 0 aliphatic carbocycles. The number of hydrogen-bond acceptors (Lipinski definition) is 3. The van der Waals surface area contributed by atoms with Gasteiger partial charge >= 0.3 is 0 Å². The second kappa shape index (κ2) is 6.80. The van der Waals surface area contributed by atoms with Gasteiger partial charge in [0.15, 0.2) is 0 Å². The zero-order chi connectivity index (χ0) is 16.1. The van der Waals surface area contributed by atoms with Crippen molar-refractivity contribution in [3.63, 3.8) is 0 Å². The van der Waals surface area contributed by atoms with E-state index in [1.54, 1.807) is 12.1 Å². The van der Waals surface area contributed by atoms with Crippen LogP contribution in [0.5, 0.6) is 0 Å². The molecule has 0 spiro atoms. The van der Waals surface area contributed by atoms with Crippen molar-refractivity contribution in [2.75, 3.05) is 11.5 Å². The molecule has 0 radical (unpaired) electrons. The van der Waals surface area contributed by atoms with Gasteiger partial charge in [0, 0.05) is 29.0 Å². The molecule has 1 amide bonds. The summed E-state index contributed by atoms with van der Waals surface area (Å²) in [6.07, 6.45) is 1.94. The topological polar surface area (TPSA) is 81.1 Å². The highest BCUT2D eigenvalue weighted by Crippen LogP contribution is 2.29. The maximum atomic E-state index is 12.2. The lowest BCUT2D eigenvalue weighted by molar-refractivity contribution is 0.0951. The highest BCUT2D eigenvalue weighted by molar-refractivity contribution is 5.98. The maximum absolute atomic E-state index is 12.2. The molecule has 2 aromatic rings. The summed E-state index contributed by atoms with van der Waals surface area (Å²) in [7, 11) is 0. The van der Waals surface area contributed by atoms with E-state index < -0.39 is 0 Å². The Balaban J connectivity index is 2.17. The molecule has 4 nitrogen and oxygen atoms in total. The molecule has 114 valence electrons. The van der Waals surface area contributed by atoms with E-state index in [1.807, 2.05) is 50.3 Å². The van der Waals surface area contributed by atoms with E-state index >= 15 is 0 Å². The van der Waals surface area contributed by atoms with E-state index in [-0.39, 0.29) is 5.91 Å². The molecule has 0 saturated carbocycles. The molecule has 0 aliphatic rings. The average Bonchev–Trinajstić information content (AvgIpc) is 2.52. The molecular weight excluding hydrogens is 274 g/mol. The van der Waals surface area contributed by atoms with Crippen LogP contribution in [-0.2, 0) is 6.54 Å². The molecule has 5 N–H and O–H groups in total. The minimum Gasteiger partial charge on any atom is -0.398 e. The molecule has 0 atom stereocenters. The second-order valence-corrected chi connectivity index (χ2v) is 5.17. The summed E-state index contributed by atoms with van der Waals surface area (Å²) in [5.74, 6) is -0.188. The van der Waals surface area contributed by atoms with E-state index in [9.17, 15) is 4.79 Å². The van der Waals surface area contributed by atoms with Crippen LogP contribution in [0.3, 0.4) is 0 Å². The number of carbonyl (C=O) groups is 1.